The van der Waals surface area contributed by atoms with Gasteiger partial charge in [-0.3, -0.25) is 9.69 Å². The molecule has 4 heteroatoms. The van der Waals surface area contributed by atoms with Crippen molar-refractivity contribution in [1.29, 1.82) is 5.26 Å². The average Bonchev–Trinajstić information content (AvgIpc) is 2.49. The van der Waals surface area contributed by atoms with E-state index in [1.807, 2.05) is 37.3 Å². The fourth-order valence-electron chi connectivity index (χ4n) is 1.78. The first-order valence-corrected chi connectivity index (χ1v) is 6.28. The van der Waals surface area contributed by atoms with Crippen LogP contribution in [0.1, 0.15) is 16.7 Å². The SMILES string of the molecule is Cc1ccc(CC(=O)N(C)c2ccc(C#N)cn2)cc1. The predicted octanol–water partition coefficient (Wildman–Crippen LogP) is 2.47. The number of nitriles is 1. The standard InChI is InChI=1S/C16H15N3O/c1-12-3-5-13(6-4-12)9-16(20)19(2)15-8-7-14(10-17)11-18-15/h3-8,11H,9H2,1-2H3. The summed E-state index contributed by atoms with van der Waals surface area (Å²) < 4.78 is 0. The summed E-state index contributed by atoms with van der Waals surface area (Å²) in [4.78, 5) is 17.8. The van der Waals surface area contributed by atoms with Crippen molar-refractivity contribution < 1.29 is 4.79 Å². The van der Waals surface area contributed by atoms with Crippen molar-refractivity contribution in [3.63, 3.8) is 0 Å². The molecule has 0 saturated heterocycles. The number of likely N-dealkylation sites (N-methyl/N-ethyl adjacent to an activating group) is 1. The lowest BCUT2D eigenvalue weighted by Gasteiger charge is -2.16. The number of carbonyl (C=O) groups is 1. The second-order valence-electron chi connectivity index (χ2n) is 4.63. The molecule has 2 aromatic rings. The van der Waals surface area contributed by atoms with E-state index < -0.39 is 0 Å². The van der Waals surface area contributed by atoms with E-state index in [-0.39, 0.29) is 5.91 Å². The molecule has 0 spiro atoms. The lowest BCUT2D eigenvalue weighted by Crippen LogP contribution is -2.28. The topological polar surface area (TPSA) is 57.0 Å². The number of nitrogens with zero attached hydrogens (tertiary/aromatic N) is 3. The van der Waals surface area contributed by atoms with Crippen LogP contribution in [0.2, 0.25) is 0 Å². The van der Waals surface area contributed by atoms with Crippen LogP contribution in [-0.4, -0.2) is 17.9 Å². The summed E-state index contributed by atoms with van der Waals surface area (Å²) in [6.45, 7) is 2.01. The van der Waals surface area contributed by atoms with E-state index in [0.717, 1.165) is 5.56 Å². The molecule has 0 radical (unpaired) electrons. The molecule has 0 aliphatic rings. The number of hydrogen-bond donors (Lipinski definition) is 0. The van der Waals surface area contributed by atoms with E-state index in [4.69, 9.17) is 5.26 Å². The number of aryl methyl sites for hydroxylation is 1. The van der Waals surface area contributed by atoms with E-state index in [2.05, 4.69) is 4.98 Å². The van der Waals surface area contributed by atoms with E-state index in [1.54, 1.807) is 19.2 Å². The van der Waals surface area contributed by atoms with Gasteiger partial charge in [0.2, 0.25) is 5.91 Å². The second kappa shape index (κ2) is 5.98. The zero-order valence-electron chi connectivity index (χ0n) is 11.5. The summed E-state index contributed by atoms with van der Waals surface area (Å²) in [7, 11) is 1.69. The highest BCUT2D eigenvalue weighted by Gasteiger charge is 2.12. The number of hydrogen-bond acceptors (Lipinski definition) is 3. The Bertz CT molecular complexity index is 639. The maximum Gasteiger partial charge on any atom is 0.232 e. The third-order valence-electron chi connectivity index (χ3n) is 3.07. The number of anilines is 1. The van der Waals surface area contributed by atoms with Crippen molar-refractivity contribution >= 4 is 11.7 Å². The molecule has 0 saturated carbocycles. The van der Waals surface area contributed by atoms with Crippen LogP contribution in [-0.2, 0) is 11.2 Å². The first-order valence-electron chi connectivity index (χ1n) is 6.28. The molecule has 0 bridgehead atoms. The molecule has 0 aliphatic heterocycles. The lowest BCUT2D eigenvalue weighted by atomic mass is 10.1. The van der Waals surface area contributed by atoms with Gasteiger partial charge < -0.3 is 0 Å². The highest BCUT2D eigenvalue weighted by atomic mass is 16.2. The number of rotatable bonds is 3. The highest BCUT2D eigenvalue weighted by Crippen LogP contribution is 2.12. The smallest absolute Gasteiger partial charge is 0.232 e. The fourth-order valence-corrected chi connectivity index (χ4v) is 1.78. The molecule has 2 rings (SSSR count). The third-order valence-corrected chi connectivity index (χ3v) is 3.07. The minimum Gasteiger partial charge on any atom is -0.300 e. The molecule has 0 unspecified atom stereocenters. The minimum absolute atomic E-state index is 0.0361. The van der Waals surface area contributed by atoms with Crippen molar-refractivity contribution in [2.45, 2.75) is 13.3 Å². The predicted molar refractivity (Wildman–Crippen MR) is 77.2 cm³/mol. The normalized spacial score (nSPS) is 9.85. The highest BCUT2D eigenvalue weighted by molar-refractivity contribution is 5.93. The number of amides is 1. The minimum atomic E-state index is -0.0361. The van der Waals surface area contributed by atoms with Crippen LogP contribution in [0.3, 0.4) is 0 Å². The molecular weight excluding hydrogens is 250 g/mol. The molecule has 0 aliphatic carbocycles. The molecule has 1 amide bonds. The first kappa shape index (κ1) is 13.8. The quantitative estimate of drug-likeness (QED) is 0.856. The number of carbonyl (C=O) groups excluding carboxylic acids is 1. The molecule has 4 nitrogen and oxygen atoms in total. The van der Waals surface area contributed by atoms with Gasteiger partial charge in [-0.1, -0.05) is 29.8 Å². The van der Waals surface area contributed by atoms with Crippen LogP contribution >= 0.6 is 0 Å². The van der Waals surface area contributed by atoms with Crippen molar-refractivity contribution in [3.8, 4) is 6.07 Å². The Hall–Kier alpha value is -2.67. The molecule has 0 atom stereocenters. The second-order valence-corrected chi connectivity index (χ2v) is 4.63. The van der Waals surface area contributed by atoms with E-state index in [0.29, 0.717) is 17.8 Å². The Morgan fingerprint density at radius 1 is 1.25 bits per heavy atom. The fraction of sp³-hybridized carbons (Fsp3) is 0.188. The summed E-state index contributed by atoms with van der Waals surface area (Å²) in [5.41, 5.74) is 2.62. The van der Waals surface area contributed by atoms with Crippen LogP contribution < -0.4 is 4.90 Å². The zero-order valence-corrected chi connectivity index (χ0v) is 11.5. The van der Waals surface area contributed by atoms with Crippen LogP contribution in [0.5, 0.6) is 0 Å². The van der Waals surface area contributed by atoms with Gasteiger partial charge in [0, 0.05) is 13.2 Å². The molecule has 100 valence electrons. The Balaban J connectivity index is 2.08. The van der Waals surface area contributed by atoms with Gasteiger partial charge in [0.1, 0.15) is 11.9 Å². The van der Waals surface area contributed by atoms with Gasteiger partial charge in [0.05, 0.1) is 12.0 Å². The Morgan fingerprint density at radius 3 is 2.50 bits per heavy atom. The Kier molecular flexibility index (Phi) is 4.11. The average molecular weight is 265 g/mol. The summed E-state index contributed by atoms with van der Waals surface area (Å²) >= 11 is 0. The van der Waals surface area contributed by atoms with Gasteiger partial charge in [-0.2, -0.15) is 5.26 Å². The molecule has 1 heterocycles. The molecule has 0 fully saturated rings. The van der Waals surface area contributed by atoms with Gasteiger partial charge in [0.15, 0.2) is 0 Å². The van der Waals surface area contributed by atoms with Crippen LogP contribution in [0.25, 0.3) is 0 Å². The largest absolute Gasteiger partial charge is 0.300 e. The van der Waals surface area contributed by atoms with Gasteiger partial charge >= 0.3 is 0 Å². The van der Waals surface area contributed by atoms with Crippen LogP contribution in [0.4, 0.5) is 5.82 Å². The maximum absolute atomic E-state index is 12.2. The van der Waals surface area contributed by atoms with Crippen molar-refractivity contribution in [2.24, 2.45) is 0 Å². The van der Waals surface area contributed by atoms with Gasteiger partial charge in [-0.05, 0) is 24.6 Å². The Labute approximate surface area is 118 Å². The molecule has 1 aromatic heterocycles. The van der Waals surface area contributed by atoms with E-state index >= 15 is 0 Å². The summed E-state index contributed by atoms with van der Waals surface area (Å²) in [6, 6.07) is 13.2. The van der Waals surface area contributed by atoms with Gasteiger partial charge in [0.25, 0.3) is 0 Å². The third kappa shape index (κ3) is 3.21. The lowest BCUT2D eigenvalue weighted by molar-refractivity contribution is -0.117. The first-order chi connectivity index (χ1) is 9.60. The summed E-state index contributed by atoms with van der Waals surface area (Å²) in [6.07, 6.45) is 1.80. The van der Waals surface area contributed by atoms with Crippen molar-refractivity contribution in [1.82, 2.24) is 4.98 Å². The summed E-state index contributed by atoms with van der Waals surface area (Å²) in [5, 5.41) is 8.72. The molecule has 20 heavy (non-hydrogen) atoms. The van der Waals surface area contributed by atoms with Crippen molar-refractivity contribution in [2.75, 3.05) is 11.9 Å². The number of pyridine rings is 1. The van der Waals surface area contributed by atoms with E-state index in [1.165, 1.54) is 16.7 Å². The van der Waals surface area contributed by atoms with Gasteiger partial charge in [-0.15, -0.1) is 0 Å². The number of aromatic nitrogens is 1. The zero-order chi connectivity index (χ0) is 14.5. The van der Waals surface area contributed by atoms with Gasteiger partial charge in [-0.25, -0.2) is 4.98 Å². The van der Waals surface area contributed by atoms with Crippen LogP contribution in [0.15, 0.2) is 42.6 Å². The summed E-state index contributed by atoms with van der Waals surface area (Å²) in [5.74, 6) is 0.507. The number of benzene rings is 1. The van der Waals surface area contributed by atoms with E-state index in [9.17, 15) is 4.79 Å². The molecular formula is C16H15N3O. The van der Waals surface area contributed by atoms with Crippen LogP contribution in [0, 0.1) is 18.3 Å². The monoisotopic (exact) mass is 265 g/mol. The maximum atomic E-state index is 12.2. The molecule has 1 aromatic carbocycles. The Morgan fingerprint density at radius 2 is 1.95 bits per heavy atom. The van der Waals surface area contributed by atoms with Crippen molar-refractivity contribution in [3.05, 3.63) is 59.3 Å². The molecule has 0 N–H and O–H groups in total.